The van der Waals surface area contributed by atoms with Gasteiger partial charge in [-0.3, -0.25) is 9.59 Å². The van der Waals surface area contributed by atoms with Crippen molar-refractivity contribution in [1.82, 2.24) is 10.6 Å². The number of carbonyl (C=O) groups excluding carboxylic acids is 2. The van der Waals surface area contributed by atoms with Crippen molar-refractivity contribution < 1.29 is 14.3 Å². The molecule has 1 heterocycles. The van der Waals surface area contributed by atoms with Crippen LogP contribution in [0.15, 0.2) is 54.6 Å². The van der Waals surface area contributed by atoms with E-state index in [1.54, 1.807) is 18.2 Å². The summed E-state index contributed by atoms with van der Waals surface area (Å²) in [4.78, 5) is 24.3. The molecule has 1 atom stereocenters. The van der Waals surface area contributed by atoms with E-state index in [1.807, 2.05) is 36.4 Å². The molecule has 2 amide bonds. The van der Waals surface area contributed by atoms with Crippen molar-refractivity contribution in [3.8, 4) is 5.75 Å². The minimum Gasteiger partial charge on any atom is -0.488 e. The third-order valence-electron chi connectivity index (χ3n) is 3.96. The second-order valence-electron chi connectivity index (χ2n) is 5.73. The van der Waals surface area contributed by atoms with E-state index in [0.717, 1.165) is 12.0 Å². The van der Waals surface area contributed by atoms with Crippen molar-refractivity contribution in [2.45, 2.75) is 25.5 Å². The molecule has 2 N–H and O–H groups in total. The first-order valence-electron chi connectivity index (χ1n) is 8.08. The minimum absolute atomic E-state index is 0.128. The van der Waals surface area contributed by atoms with Crippen LogP contribution >= 0.6 is 0 Å². The summed E-state index contributed by atoms with van der Waals surface area (Å²) >= 11 is 0. The Labute approximate surface area is 141 Å². The molecule has 0 spiro atoms. The first-order chi connectivity index (χ1) is 11.7. The molecule has 0 saturated carbocycles. The normalized spacial score (nSPS) is 17.0. The molecule has 5 nitrogen and oxygen atoms in total. The molecule has 2 aromatic rings. The lowest BCUT2D eigenvalue weighted by atomic mass is 10.1. The number of hydrogen-bond acceptors (Lipinski definition) is 3. The average Bonchev–Trinajstić information content (AvgIpc) is 2.63. The maximum Gasteiger partial charge on any atom is 0.255 e. The van der Waals surface area contributed by atoms with Gasteiger partial charge in [-0.1, -0.05) is 42.5 Å². The summed E-state index contributed by atoms with van der Waals surface area (Å²) in [5, 5.41) is 5.56. The fraction of sp³-hybridized carbons (Fsp3) is 0.263. The molecule has 5 heteroatoms. The minimum atomic E-state index is -0.478. The molecule has 3 rings (SSSR count). The molecule has 1 saturated heterocycles. The van der Waals surface area contributed by atoms with E-state index >= 15 is 0 Å². The van der Waals surface area contributed by atoms with E-state index in [2.05, 4.69) is 10.6 Å². The Hall–Kier alpha value is -2.82. The van der Waals surface area contributed by atoms with Crippen molar-refractivity contribution in [1.29, 1.82) is 0 Å². The Kier molecular flexibility index (Phi) is 5.11. The highest BCUT2D eigenvalue weighted by molar-refractivity contribution is 5.99. The fourth-order valence-corrected chi connectivity index (χ4v) is 2.66. The van der Waals surface area contributed by atoms with Gasteiger partial charge in [0.05, 0.1) is 5.56 Å². The Morgan fingerprint density at radius 2 is 1.88 bits per heavy atom. The molecular formula is C19H20N2O3. The first-order valence-corrected chi connectivity index (χ1v) is 8.08. The van der Waals surface area contributed by atoms with Crippen LogP contribution in [0.25, 0.3) is 0 Å². The Balaban J connectivity index is 1.68. The largest absolute Gasteiger partial charge is 0.488 e. The molecule has 0 bridgehead atoms. The van der Waals surface area contributed by atoms with Gasteiger partial charge in [0.2, 0.25) is 5.91 Å². The van der Waals surface area contributed by atoms with Crippen LogP contribution in [0.2, 0.25) is 0 Å². The summed E-state index contributed by atoms with van der Waals surface area (Å²) in [6.45, 7) is 1.05. The predicted molar refractivity (Wildman–Crippen MR) is 90.7 cm³/mol. The third kappa shape index (κ3) is 3.93. The summed E-state index contributed by atoms with van der Waals surface area (Å²) < 4.78 is 5.80. The number of rotatable bonds is 5. The summed E-state index contributed by atoms with van der Waals surface area (Å²) in [5.41, 5.74) is 1.46. The zero-order valence-corrected chi connectivity index (χ0v) is 13.3. The van der Waals surface area contributed by atoms with Gasteiger partial charge in [-0.25, -0.2) is 0 Å². The fourth-order valence-electron chi connectivity index (χ4n) is 2.66. The molecule has 2 aromatic carbocycles. The van der Waals surface area contributed by atoms with Gasteiger partial charge in [-0.2, -0.15) is 0 Å². The van der Waals surface area contributed by atoms with Gasteiger partial charge < -0.3 is 15.4 Å². The zero-order chi connectivity index (χ0) is 16.8. The lowest BCUT2D eigenvalue weighted by molar-refractivity contribution is -0.124. The predicted octanol–water partition coefficient (Wildman–Crippen LogP) is 2.27. The first kappa shape index (κ1) is 16.1. The summed E-state index contributed by atoms with van der Waals surface area (Å²) in [5.74, 6) is 0.0908. The second-order valence-corrected chi connectivity index (χ2v) is 5.73. The number of benzene rings is 2. The Morgan fingerprint density at radius 1 is 1.12 bits per heavy atom. The molecule has 0 aromatic heterocycles. The van der Waals surface area contributed by atoms with Gasteiger partial charge >= 0.3 is 0 Å². The molecule has 1 aliphatic heterocycles. The number of hydrogen-bond donors (Lipinski definition) is 2. The summed E-state index contributed by atoms with van der Waals surface area (Å²) in [6.07, 6.45) is 1.52. The molecule has 0 unspecified atom stereocenters. The van der Waals surface area contributed by atoms with Crippen LogP contribution in [0, 0.1) is 0 Å². The molecule has 1 fully saturated rings. The molecular weight excluding hydrogens is 304 g/mol. The van der Waals surface area contributed by atoms with Crippen LogP contribution < -0.4 is 15.4 Å². The average molecular weight is 324 g/mol. The standard InChI is InChI=1S/C19H20N2O3/c22-18(21-16-10-6-12-20-19(16)23)15-9-4-5-11-17(15)24-13-14-7-2-1-3-8-14/h1-5,7-9,11,16H,6,10,12-13H2,(H,20,23)(H,21,22)/t16-/m0/s1. The van der Waals surface area contributed by atoms with E-state index in [0.29, 0.717) is 30.9 Å². The maximum absolute atomic E-state index is 12.5. The van der Waals surface area contributed by atoms with Gasteiger partial charge in [0.15, 0.2) is 0 Å². The highest BCUT2D eigenvalue weighted by Crippen LogP contribution is 2.20. The van der Waals surface area contributed by atoms with Gasteiger partial charge in [0.1, 0.15) is 18.4 Å². The van der Waals surface area contributed by atoms with Crippen LogP contribution in [0.1, 0.15) is 28.8 Å². The van der Waals surface area contributed by atoms with E-state index in [-0.39, 0.29) is 11.8 Å². The van der Waals surface area contributed by atoms with Crippen molar-refractivity contribution in [3.63, 3.8) is 0 Å². The molecule has 0 aliphatic carbocycles. The number of para-hydroxylation sites is 1. The van der Waals surface area contributed by atoms with Gasteiger partial charge in [-0.15, -0.1) is 0 Å². The number of amides is 2. The molecule has 0 radical (unpaired) electrons. The molecule has 24 heavy (non-hydrogen) atoms. The van der Waals surface area contributed by atoms with Gasteiger partial charge in [0, 0.05) is 6.54 Å². The number of piperidine rings is 1. The van der Waals surface area contributed by atoms with Crippen molar-refractivity contribution >= 4 is 11.8 Å². The van der Waals surface area contributed by atoms with E-state index in [9.17, 15) is 9.59 Å². The highest BCUT2D eigenvalue weighted by atomic mass is 16.5. The molecule has 124 valence electrons. The van der Waals surface area contributed by atoms with Crippen LogP contribution in [0.5, 0.6) is 5.75 Å². The second kappa shape index (κ2) is 7.64. The van der Waals surface area contributed by atoms with E-state index in [1.165, 1.54) is 0 Å². The Morgan fingerprint density at radius 3 is 2.67 bits per heavy atom. The van der Waals surface area contributed by atoms with Gasteiger partial charge in [0.25, 0.3) is 5.91 Å². The quantitative estimate of drug-likeness (QED) is 0.886. The van der Waals surface area contributed by atoms with Crippen molar-refractivity contribution in [2.24, 2.45) is 0 Å². The number of nitrogens with one attached hydrogen (secondary N) is 2. The van der Waals surface area contributed by atoms with E-state index < -0.39 is 6.04 Å². The smallest absolute Gasteiger partial charge is 0.255 e. The number of ether oxygens (including phenoxy) is 1. The molecule has 1 aliphatic rings. The highest BCUT2D eigenvalue weighted by Gasteiger charge is 2.25. The topological polar surface area (TPSA) is 67.4 Å². The summed E-state index contributed by atoms with van der Waals surface area (Å²) in [6, 6.07) is 16.4. The Bertz CT molecular complexity index is 716. The monoisotopic (exact) mass is 324 g/mol. The van der Waals surface area contributed by atoms with Crippen LogP contribution in [-0.2, 0) is 11.4 Å². The van der Waals surface area contributed by atoms with Crippen molar-refractivity contribution in [3.05, 3.63) is 65.7 Å². The lowest BCUT2D eigenvalue weighted by Crippen LogP contribution is -2.50. The maximum atomic E-state index is 12.5. The zero-order valence-electron chi connectivity index (χ0n) is 13.3. The van der Waals surface area contributed by atoms with Gasteiger partial charge in [-0.05, 0) is 30.5 Å². The van der Waals surface area contributed by atoms with Crippen LogP contribution in [0.3, 0.4) is 0 Å². The van der Waals surface area contributed by atoms with Crippen molar-refractivity contribution in [2.75, 3.05) is 6.54 Å². The number of carbonyl (C=O) groups is 2. The third-order valence-corrected chi connectivity index (χ3v) is 3.96. The van der Waals surface area contributed by atoms with E-state index in [4.69, 9.17) is 4.74 Å². The van der Waals surface area contributed by atoms with Crippen LogP contribution in [-0.4, -0.2) is 24.4 Å². The summed E-state index contributed by atoms with van der Waals surface area (Å²) in [7, 11) is 0. The lowest BCUT2D eigenvalue weighted by Gasteiger charge is -2.23. The SMILES string of the molecule is O=C(N[C@H]1CCCNC1=O)c1ccccc1OCc1ccccc1. The van der Waals surface area contributed by atoms with Crippen LogP contribution in [0.4, 0.5) is 0 Å².